The van der Waals surface area contributed by atoms with Gasteiger partial charge in [-0.25, -0.2) is 0 Å². The Kier molecular flexibility index (Phi) is 2.86. The standard InChI is InChI=1S/C15H20N2O/c1-17-5-4-10-7-15(18)14-8-13(16)3-2-11(14)6-12(10)9-17/h2-3,8,10,12H,4-7,9,16H2,1H3/t10-,12+/m1/s1. The Morgan fingerprint density at radius 1 is 1.28 bits per heavy atom. The summed E-state index contributed by atoms with van der Waals surface area (Å²) in [5.74, 6) is 1.47. The lowest BCUT2D eigenvalue weighted by atomic mass is 9.81. The van der Waals surface area contributed by atoms with Gasteiger partial charge in [0.1, 0.15) is 0 Å². The van der Waals surface area contributed by atoms with Crippen LogP contribution in [-0.2, 0) is 6.42 Å². The Balaban J connectivity index is 1.96. The highest BCUT2D eigenvalue weighted by Crippen LogP contribution is 2.34. The number of anilines is 1. The molecule has 1 fully saturated rings. The van der Waals surface area contributed by atoms with Gasteiger partial charge in [0.05, 0.1) is 0 Å². The number of nitrogens with two attached hydrogens (primary N) is 1. The fourth-order valence-corrected chi connectivity index (χ4v) is 3.42. The van der Waals surface area contributed by atoms with Gasteiger partial charge in [-0.1, -0.05) is 6.07 Å². The van der Waals surface area contributed by atoms with Gasteiger partial charge in [-0.2, -0.15) is 0 Å². The maximum atomic E-state index is 12.3. The molecular formula is C15H20N2O. The number of piperidine rings is 1. The summed E-state index contributed by atoms with van der Waals surface area (Å²) < 4.78 is 0. The van der Waals surface area contributed by atoms with Crippen molar-refractivity contribution in [2.75, 3.05) is 25.9 Å². The summed E-state index contributed by atoms with van der Waals surface area (Å²) in [6.07, 6.45) is 2.88. The molecule has 1 aliphatic heterocycles. The van der Waals surface area contributed by atoms with E-state index in [2.05, 4.69) is 11.9 Å². The normalized spacial score (nSPS) is 28.4. The topological polar surface area (TPSA) is 46.3 Å². The fraction of sp³-hybridized carbons (Fsp3) is 0.533. The van der Waals surface area contributed by atoms with Gasteiger partial charge in [0, 0.05) is 24.2 Å². The van der Waals surface area contributed by atoms with E-state index in [1.807, 2.05) is 18.2 Å². The largest absolute Gasteiger partial charge is 0.399 e. The lowest BCUT2D eigenvalue weighted by Gasteiger charge is -2.35. The first-order valence-corrected chi connectivity index (χ1v) is 6.73. The number of fused-ring (bicyclic) bond motifs is 2. The molecule has 1 saturated heterocycles. The second-order valence-corrected chi connectivity index (χ2v) is 5.82. The van der Waals surface area contributed by atoms with Gasteiger partial charge < -0.3 is 10.6 Å². The number of Topliss-reactive ketones (excluding diaryl/α,β-unsaturated/α-hetero) is 1. The van der Waals surface area contributed by atoms with Crippen molar-refractivity contribution in [3.63, 3.8) is 0 Å². The first-order chi connectivity index (χ1) is 8.63. The van der Waals surface area contributed by atoms with E-state index in [9.17, 15) is 4.79 Å². The molecule has 3 heteroatoms. The Labute approximate surface area is 108 Å². The molecule has 18 heavy (non-hydrogen) atoms. The van der Waals surface area contributed by atoms with Crippen LogP contribution in [-0.4, -0.2) is 30.8 Å². The summed E-state index contributed by atoms with van der Waals surface area (Å²) in [6, 6.07) is 5.82. The van der Waals surface area contributed by atoms with Crippen molar-refractivity contribution in [3.05, 3.63) is 29.3 Å². The molecule has 2 N–H and O–H groups in total. The molecule has 0 unspecified atom stereocenters. The van der Waals surface area contributed by atoms with E-state index in [-0.39, 0.29) is 5.78 Å². The summed E-state index contributed by atoms with van der Waals surface area (Å²) in [6.45, 7) is 2.23. The van der Waals surface area contributed by atoms with Crippen molar-refractivity contribution in [2.45, 2.75) is 19.3 Å². The number of hydrogen-bond acceptors (Lipinski definition) is 3. The zero-order chi connectivity index (χ0) is 12.7. The fourth-order valence-electron chi connectivity index (χ4n) is 3.42. The number of ketones is 1. The number of carbonyl (C=O) groups excluding carboxylic acids is 1. The van der Waals surface area contributed by atoms with Crippen LogP contribution in [0, 0.1) is 11.8 Å². The minimum Gasteiger partial charge on any atom is -0.399 e. The molecule has 3 nitrogen and oxygen atoms in total. The van der Waals surface area contributed by atoms with Crippen LogP contribution in [0.2, 0.25) is 0 Å². The van der Waals surface area contributed by atoms with Crippen LogP contribution in [0.3, 0.4) is 0 Å². The number of hydrogen-bond donors (Lipinski definition) is 1. The van der Waals surface area contributed by atoms with Gasteiger partial charge in [-0.05, 0) is 56.0 Å². The van der Waals surface area contributed by atoms with Crippen LogP contribution >= 0.6 is 0 Å². The summed E-state index contributed by atoms with van der Waals surface area (Å²) in [5, 5.41) is 0. The molecule has 0 amide bonds. The van der Waals surface area contributed by atoms with E-state index in [0.717, 1.165) is 31.5 Å². The van der Waals surface area contributed by atoms with E-state index < -0.39 is 0 Å². The van der Waals surface area contributed by atoms with Crippen LogP contribution in [0.25, 0.3) is 0 Å². The van der Waals surface area contributed by atoms with Gasteiger partial charge in [0.25, 0.3) is 0 Å². The van der Waals surface area contributed by atoms with E-state index in [1.165, 1.54) is 5.56 Å². The van der Waals surface area contributed by atoms with E-state index in [0.29, 0.717) is 23.9 Å². The molecule has 96 valence electrons. The Bertz CT molecular complexity index is 483. The Hall–Kier alpha value is -1.35. The smallest absolute Gasteiger partial charge is 0.163 e. The summed E-state index contributed by atoms with van der Waals surface area (Å²) in [4.78, 5) is 14.7. The van der Waals surface area contributed by atoms with Crippen molar-refractivity contribution in [2.24, 2.45) is 11.8 Å². The second-order valence-electron chi connectivity index (χ2n) is 5.82. The predicted octanol–water partition coefficient (Wildman–Crippen LogP) is 1.97. The zero-order valence-corrected chi connectivity index (χ0v) is 10.9. The monoisotopic (exact) mass is 244 g/mol. The van der Waals surface area contributed by atoms with Gasteiger partial charge in [-0.15, -0.1) is 0 Å². The lowest BCUT2D eigenvalue weighted by Crippen LogP contribution is -2.38. The van der Waals surface area contributed by atoms with Gasteiger partial charge in [-0.3, -0.25) is 4.79 Å². The van der Waals surface area contributed by atoms with E-state index in [1.54, 1.807) is 0 Å². The summed E-state index contributed by atoms with van der Waals surface area (Å²) in [7, 11) is 2.17. The Morgan fingerprint density at radius 3 is 2.94 bits per heavy atom. The molecule has 2 atom stereocenters. The number of carbonyl (C=O) groups is 1. The maximum Gasteiger partial charge on any atom is 0.163 e. The number of nitrogen functional groups attached to an aromatic ring is 1. The number of likely N-dealkylation sites (tertiary alicyclic amines) is 1. The third kappa shape index (κ3) is 2.03. The predicted molar refractivity (Wildman–Crippen MR) is 72.6 cm³/mol. The van der Waals surface area contributed by atoms with E-state index >= 15 is 0 Å². The molecule has 1 heterocycles. The Morgan fingerprint density at radius 2 is 2.11 bits per heavy atom. The van der Waals surface area contributed by atoms with Crippen LogP contribution in [0.15, 0.2) is 18.2 Å². The highest BCUT2D eigenvalue weighted by molar-refractivity contribution is 5.98. The average molecular weight is 244 g/mol. The van der Waals surface area contributed by atoms with Crippen LogP contribution in [0.1, 0.15) is 28.8 Å². The van der Waals surface area contributed by atoms with Crippen molar-refractivity contribution in [3.8, 4) is 0 Å². The third-order valence-electron chi connectivity index (χ3n) is 4.46. The molecule has 2 aliphatic rings. The molecule has 3 rings (SSSR count). The van der Waals surface area contributed by atoms with Crippen LogP contribution < -0.4 is 5.73 Å². The van der Waals surface area contributed by atoms with Gasteiger partial charge in [0.15, 0.2) is 5.78 Å². The zero-order valence-electron chi connectivity index (χ0n) is 10.9. The molecule has 0 radical (unpaired) electrons. The average Bonchev–Trinajstić information content (AvgIpc) is 2.46. The van der Waals surface area contributed by atoms with E-state index in [4.69, 9.17) is 5.73 Å². The second kappa shape index (κ2) is 4.39. The van der Waals surface area contributed by atoms with Gasteiger partial charge in [0.2, 0.25) is 0 Å². The molecular weight excluding hydrogens is 224 g/mol. The highest BCUT2D eigenvalue weighted by atomic mass is 16.1. The molecule has 0 saturated carbocycles. The molecule has 0 bridgehead atoms. The van der Waals surface area contributed by atoms with Crippen molar-refractivity contribution in [1.29, 1.82) is 0 Å². The van der Waals surface area contributed by atoms with Crippen LogP contribution in [0.4, 0.5) is 5.69 Å². The summed E-state index contributed by atoms with van der Waals surface area (Å²) >= 11 is 0. The first-order valence-electron chi connectivity index (χ1n) is 6.73. The minimum atomic E-state index is 0.286. The molecule has 1 aliphatic carbocycles. The molecule has 0 aromatic heterocycles. The first kappa shape index (κ1) is 11.7. The van der Waals surface area contributed by atoms with Gasteiger partial charge >= 0.3 is 0 Å². The lowest BCUT2D eigenvalue weighted by molar-refractivity contribution is 0.0890. The summed E-state index contributed by atoms with van der Waals surface area (Å²) in [5.41, 5.74) is 8.56. The SMILES string of the molecule is CN1CC[C@@H]2CC(=O)c3cc(N)ccc3C[C@H]2C1. The minimum absolute atomic E-state index is 0.286. The number of nitrogens with zero attached hydrogens (tertiary/aromatic N) is 1. The van der Waals surface area contributed by atoms with Crippen LogP contribution in [0.5, 0.6) is 0 Å². The maximum absolute atomic E-state index is 12.3. The quantitative estimate of drug-likeness (QED) is 0.710. The van der Waals surface area contributed by atoms with Crippen molar-refractivity contribution in [1.82, 2.24) is 4.90 Å². The number of rotatable bonds is 0. The van der Waals surface area contributed by atoms with Crippen molar-refractivity contribution < 1.29 is 4.79 Å². The molecule has 0 spiro atoms. The molecule has 1 aromatic rings. The highest BCUT2D eigenvalue weighted by Gasteiger charge is 2.33. The van der Waals surface area contributed by atoms with Crippen molar-refractivity contribution >= 4 is 11.5 Å². The third-order valence-corrected chi connectivity index (χ3v) is 4.46. The molecule has 1 aromatic carbocycles. The number of benzene rings is 1.